The number of nitrogens with two attached hydrogens (primary N) is 1. The molecule has 6 heteroatoms. The molecule has 0 atom stereocenters. The quantitative estimate of drug-likeness (QED) is 0.559. The van der Waals surface area contributed by atoms with E-state index < -0.39 is 5.91 Å². The Morgan fingerprint density at radius 3 is 2.59 bits per heavy atom. The highest BCUT2D eigenvalue weighted by molar-refractivity contribution is 6.00. The molecular formula is C21H22N4O2. The van der Waals surface area contributed by atoms with Crippen molar-refractivity contribution in [3.8, 4) is 22.3 Å². The molecule has 0 saturated carbocycles. The second kappa shape index (κ2) is 6.72. The zero-order chi connectivity index (χ0) is 18.4. The SMILES string of the molecule is C.Cc1noc(C)c1-c1cc(-c2cccc(C(N)=O)c2C)c2nc[nH]c2c1. The molecule has 2 aromatic heterocycles. The van der Waals surface area contributed by atoms with Gasteiger partial charge in [0, 0.05) is 16.7 Å². The first-order valence-corrected chi connectivity index (χ1v) is 8.27. The van der Waals surface area contributed by atoms with Gasteiger partial charge in [-0.1, -0.05) is 24.7 Å². The van der Waals surface area contributed by atoms with E-state index in [0.29, 0.717) is 5.56 Å². The van der Waals surface area contributed by atoms with Gasteiger partial charge in [0.2, 0.25) is 5.91 Å². The van der Waals surface area contributed by atoms with Crippen molar-refractivity contribution in [2.45, 2.75) is 28.2 Å². The minimum atomic E-state index is -0.440. The number of imidazole rings is 1. The molecule has 0 fully saturated rings. The van der Waals surface area contributed by atoms with Gasteiger partial charge in [-0.2, -0.15) is 0 Å². The number of amides is 1. The smallest absolute Gasteiger partial charge is 0.248 e. The van der Waals surface area contributed by atoms with Gasteiger partial charge in [0.15, 0.2) is 0 Å². The molecule has 0 aliphatic rings. The van der Waals surface area contributed by atoms with Gasteiger partial charge >= 0.3 is 0 Å². The summed E-state index contributed by atoms with van der Waals surface area (Å²) in [5.74, 6) is 0.319. The van der Waals surface area contributed by atoms with Crippen LogP contribution in [0.25, 0.3) is 33.3 Å². The summed E-state index contributed by atoms with van der Waals surface area (Å²) in [4.78, 5) is 19.4. The summed E-state index contributed by atoms with van der Waals surface area (Å²) in [7, 11) is 0. The number of rotatable bonds is 3. The minimum absolute atomic E-state index is 0. The number of carbonyl (C=O) groups excluding carboxylic acids is 1. The van der Waals surface area contributed by atoms with Crippen molar-refractivity contribution >= 4 is 16.9 Å². The molecule has 2 aromatic carbocycles. The van der Waals surface area contributed by atoms with Crippen molar-refractivity contribution in [3.05, 3.63) is 59.2 Å². The predicted octanol–water partition coefficient (Wildman–Crippen LogP) is 4.55. The average Bonchev–Trinajstić information content (AvgIpc) is 3.20. The molecule has 27 heavy (non-hydrogen) atoms. The third-order valence-electron chi connectivity index (χ3n) is 4.74. The summed E-state index contributed by atoms with van der Waals surface area (Å²) >= 11 is 0. The summed E-state index contributed by atoms with van der Waals surface area (Å²) in [5, 5.41) is 4.06. The van der Waals surface area contributed by atoms with Crippen LogP contribution < -0.4 is 5.73 Å². The molecule has 4 rings (SSSR count). The van der Waals surface area contributed by atoms with Gasteiger partial charge in [0.1, 0.15) is 5.76 Å². The summed E-state index contributed by atoms with van der Waals surface area (Å²) in [5.41, 5.74) is 13.2. The van der Waals surface area contributed by atoms with Crippen LogP contribution >= 0.6 is 0 Å². The van der Waals surface area contributed by atoms with E-state index in [-0.39, 0.29) is 7.43 Å². The summed E-state index contributed by atoms with van der Waals surface area (Å²) in [6.07, 6.45) is 1.67. The molecule has 0 spiro atoms. The number of benzene rings is 2. The van der Waals surface area contributed by atoms with Crippen molar-refractivity contribution in [2.75, 3.05) is 0 Å². The molecule has 0 bridgehead atoms. The fourth-order valence-corrected chi connectivity index (χ4v) is 3.49. The molecule has 6 nitrogen and oxygen atoms in total. The number of nitrogens with zero attached hydrogens (tertiary/aromatic N) is 2. The number of hydrogen-bond acceptors (Lipinski definition) is 4. The highest BCUT2D eigenvalue weighted by atomic mass is 16.5. The Kier molecular flexibility index (Phi) is 4.57. The molecule has 0 aliphatic heterocycles. The maximum Gasteiger partial charge on any atom is 0.248 e. The van der Waals surface area contributed by atoms with E-state index in [0.717, 1.165) is 50.3 Å². The van der Waals surface area contributed by atoms with E-state index in [9.17, 15) is 4.79 Å². The predicted molar refractivity (Wildman–Crippen MR) is 106 cm³/mol. The summed E-state index contributed by atoms with van der Waals surface area (Å²) < 4.78 is 5.33. The van der Waals surface area contributed by atoms with Crippen LogP contribution in [0.1, 0.15) is 34.8 Å². The lowest BCUT2D eigenvalue weighted by molar-refractivity contribution is 0.0999. The first-order chi connectivity index (χ1) is 12.5. The van der Waals surface area contributed by atoms with Crippen LogP contribution in [0.2, 0.25) is 0 Å². The van der Waals surface area contributed by atoms with Crippen molar-refractivity contribution in [1.82, 2.24) is 15.1 Å². The number of aryl methyl sites for hydroxylation is 2. The Hall–Kier alpha value is -3.41. The highest BCUT2D eigenvalue weighted by Gasteiger charge is 2.18. The number of H-pyrrole nitrogens is 1. The van der Waals surface area contributed by atoms with Crippen molar-refractivity contribution in [2.24, 2.45) is 5.73 Å². The summed E-state index contributed by atoms with van der Waals surface area (Å²) in [6.45, 7) is 5.71. The Balaban J connectivity index is 0.00000210. The molecule has 0 unspecified atom stereocenters. The number of aromatic nitrogens is 3. The van der Waals surface area contributed by atoms with Crippen LogP contribution in [0.4, 0.5) is 0 Å². The summed E-state index contributed by atoms with van der Waals surface area (Å²) in [6, 6.07) is 9.64. The Labute approximate surface area is 157 Å². The Morgan fingerprint density at radius 1 is 1.15 bits per heavy atom. The minimum Gasteiger partial charge on any atom is -0.366 e. The van der Waals surface area contributed by atoms with E-state index in [1.807, 2.05) is 39.0 Å². The fraction of sp³-hybridized carbons (Fsp3) is 0.190. The molecular weight excluding hydrogens is 340 g/mol. The zero-order valence-corrected chi connectivity index (χ0v) is 14.8. The Morgan fingerprint density at radius 2 is 1.93 bits per heavy atom. The average molecular weight is 362 g/mol. The van der Waals surface area contributed by atoms with Gasteiger partial charge < -0.3 is 15.2 Å². The second-order valence-electron chi connectivity index (χ2n) is 6.36. The van der Waals surface area contributed by atoms with Crippen LogP contribution in [0.5, 0.6) is 0 Å². The lowest BCUT2D eigenvalue weighted by Gasteiger charge is -2.12. The van der Waals surface area contributed by atoms with Crippen LogP contribution in [0.3, 0.4) is 0 Å². The fourth-order valence-electron chi connectivity index (χ4n) is 3.49. The van der Waals surface area contributed by atoms with Gasteiger partial charge in [-0.15, -0.1) is 0 Å². The van der Waals surface area contributed by atoms with Gasteiger partial charge in [-0.3, -0.25) is 4.79 Å². The lowest BCUT2D eigenvalue weighted by Crippen LogP contribution is -2.13. The molecule has 3 N–H and O–H groups in total. The van der Waals surface area contributed by atoms with Gasteiger partial charge in [-0.25, -0.2) is 4.98 Å². The number of fused-ring (bicyclic) bond motifs is 1. The number of carbonyl (C=O) groups is 1. The van der Waals surface area contributed by atoms with Crippen LogP contribution in [-0.2, 0) is 0 Å². The van der Waals surface area contributed by atoms with Gasteiger partial charge in [0.25, 0.3) is 0 Å². The first kappa shape index (κ1) is 18.4. The van der Waals surface area contributed by atoms with Crippen molar-refractivity contribution in [3.63, 3.8) is 0 Å². The molecule has 0 radical (unpaired) electrons. The maximum absolute atomic E-state index is 11.7. The van der Waals surface area contributed by atoms with Crippen LogP contribution in [0.15, 0.2) is 41.2 Å². The number of nitrogens with one attached hydrogen (secondary N) is 1. The Bertz CT molecular complexity index is 1130. The van der Waals surface area contributed by atoms with E-state index in [4.69, 9.17) is 10.3 Å². The third kappa shape index (κ3) is 2.89. The number of aromatic amines is 1. The third-order valence-corrected chi connectivity index (χ3v) is 4.74. The standard InChI is InChI=1S/C20H18N4O2.CH4/c1-10-14(5-4-6-15(10)20(21)25)16-7-13(8-17-19(16)23-9-22-17)18-11(2)24-26-12(18)3;/h4-9H,1-3H3,(H2,21,25)(H,22,23);1H4. The monoisotopic (exact) mass is 362 g/mol. The van der Waals surface area contributed by atoms with E-state index in [2.05, 4.69) is 21.2 Å². The zero-order valence-electron chi connectivity index (χ0n) is 14.8. The number of primary amides is 1. The molecule has 0 aliphatic carbocycles. The van der Waals surface area contributed by atoms with E-state index in [1.54, 1.807) is 12.4 Å². The van der Waals surface area contributed by atoms with E-state index in [1.165, 1.54) is 0 Å². The number of hydrogen-bond donors (Lipinski definition) is 2. The van der Waals surface area contributed by atoms with Crippen molar-refractivity contribution < 1.29 is 9.32 Å². The molecule has 0 saturated heterocycles. The van der Waals surface area contributed by atoms with Crippen LogP contribution in [-0.4, -0.2) is 21.0 Å². The normalized spacial score (nSPS) is 10.8. The second-order valence-corrected chi connectivity index (χ2v) is 6.36. The van der Waals surface area contributed by atoms with Gasteiger partial charge in [0.05, 0.1) is 23.1 Å². The topological polar surface area (TPSA) is 97.8 Å². The molecule has 2 heterocycles. The van der Waals surface area contributed by atoms with Gasteiger partial charge in [-0.05, 0) is 55.7 Å². The largest absolute Gasteiger partial charge is 0.366 e. The maximum atomic E-state index is 11.7. The molecule has 4 aromatic rings. The van der Waals surface area contributed by atoms with Crippen LogP contribution in [0, 0.1) is 20.8 Å². The first-order valence-electron chi connectivity index (χ1n) is 8.27. The van der Waals surface area contributed by atoms with E-state index >= 15 is 0 Å². The molecule has 1 amide bonds. The molecule has 138 valence electrons. The highest BCUT2D eigenvalue weighted by Crippen LogP contribution is 2.36. The van der Waals surface area contributed by atoms with Crippen molar-refractivity contribution in [1.29, 1.82) is 0 Å². The lowest BCUT2D eigenvalue weighted by atomic mass is 9.92.